The topological polar surface area (TPSA) is 26.0 Å². The quantitative estimate of drug-likeness (QED) is 0.840. The number of nitrogens with two attached hydrogens (primary N) is 1. The van der Waals surface area contributed by atoms with E-state index in [9.17, 15) is 4.39 Å². The first kappa shape index (κ1) is 14.2. The van der Waals surface area contributed by atoms with Gasteiger partial charge in [-0.1, -0.05) is 32.9 Å². The van der Waals surface area contributed by atoms with Crippen molar-refractivity contribution in [3.05, 3.63) is 35.1 Å². The summed E-state index contributed by atoms with van der Waals surface area (Å²) in [4.78, 5) is 0. The minimum absolute atomic E-state index is 0.171. The zero-order valence-electron chi connectivity index (χ0n) is 11.6. The van der Waals surface area contributed by atoms with Crippen LogP contribution in [0.1, 0.15) is 51.7 Å². The maximum absolute atomic E-state index is 13.5. The average molecular weight is 237 g/mol. The van der Waals surface area contributed by atoms with Crippen molar-refractivity contribution < 1.29 is 4.39 Å². The molecule has 1 unspecified atom stereocenters. The molecule has 0 spiro atoms. The third-order valence-corrected chi connectivity index (χ3v) is 3.23. The summed E-state index contributed by atoms with van der Waals surface area (Å²) >= 11 is 0. The van der Waals surface area contributed by atoms with Crippen LogP contribution in [0.15, 0.2) is 18.2 Å². The van der Waals surface area contributed by atoms with Gasteiger partial charge in [-0.25, -0.2) is 4.39 Å². The number of benzene rings is 1. The Bertz CT molecular complexity index is 388. The van der Waals surface area contributed by atoms with Crippen molar-refractivity contribution in [1.29, 1.82) is 0 Å². The molecule has 17 heavy (non-hydrogen) atoms. The van der Waals surface area contributed by atoms with Crippen molar-refractivity contribution in [1.82, 2.24) is 0 Å². The summed E-state index contributed by atoms with van der Waals surface area (Å²) in [6.07, 6.45) is 1.88. The molecule has 0 heterocycles. The molecule has 1 atom stereocenters. The lowest BCUT2D eigenvalue weighted by Crippen LogP contribution is -2.34. The van der Waals surface area contributed by atoms with Crippen LogP contribution in [-0.4, -0.2) is 0 Å². The second-order valence-corrected chi connectivity index (χ2v) is 6.44. The van der Waals surface area contributed by atoms with Crippen LogP contribution in [-0.2, 0) is 5.54 Å². The molecule has 1 aromatic rings. The first-order valence-corrected chi connectivity index (χ1v) is 6.17. The Kier molecular flexibility index (Phi) is 3.98. The molecule has 1 nitrogen and oxygen atoms in total. The van der Waals surface area contributed by atoms with Crippen LogP contribution in [0, 0.1) is 18.2 Å². The van der Waals surface area contributed by atoms with Gasteiger partial charge in [0.2, 0.25) is 0 Å². The Labute approximate surface area is 104 Å². The Morgan fingerprint density at radius 1 is 1.12 bits per heavy atom. The van der Waals surface area contributed by atoms with Gasteiger partial charge in [0.15, 0.2) is 0 Å². The molecule has 0 saturated carbocycles. The van der Waals surface area contributed by atoms with E-state index in [1.807, 2.05) is 13.0 Å². The smallest absolute Gasteiger partial charge is 0.126 e. The van der Waals surface area contributed by atoms with E-state index in [0.29, 0.717) is 5.56 Å². The summed E-state index contributed by atoms with van der Waals surface area (Å²) in [5.74, 6) is -0.171. The Morgan fingerprint density at radius 3 is 2.18 bits per heavy atom. The van der Waals surface area contributed by atoms with Crippen molar-refractivity contribution in [3.63, 3.8) is 0 Å². The number of hydrogen-bond donors (Lipinski definition) is 1. The molecule has 0 aliphatic rings. The fourth-order valence-corrected chi connectivity index (χ4v) is 1.73. The zero-order chi connectivity index (χ0) is 13.3. The van der Waals surface area contributed by atoms with Crippen LogP contribution >= 0.6 is 0 Å². The molecule has 0 bridgehead atoms. The number of hydrogen-bond acceptors (Lipinski definition) is 1. The van der Waals surface area contributed by atoms with Crippen molar-refractivity contribution >= 4 is 0 Å². The molecule has 1 aromatic carbocycles. The molecule has 0 aliphatic carbocycles. The molecule has 0 aliphatic heterocycles. The normalized spacial score (nSPS) is 15.7. The maximum Gasteiger partial charge on any atom is 0.126 e. The van der Waals surface area contributed by atoms with Gasteiger partial charge < -0.3 is 5.73 Å². The van der Waals surface area contributed by atoms with Gasteiger partial charge in [-0.3, -0.25) is 0 Å². The van der Waals surface area contributed by atoms with E-state index in [1.54, 1.807) is 19.1 Å². The Balaban J connectivity index is 2.85. The first-order chi connectivity index (χ1) is 7.62. The van der Waals surface area contributed by atoms with E-state index in [4.69, 9.17) is 5.73 Å². The molecule has 96 valence electrons. The largest absolute Gasteiger partial charge is 0.322 e. The van der Waals surface area contributed by atoms with Crippen LogP contribution < -0.4 is 5.73 Å². The van der Waals surface area contributed by atoms with E-state index in [2.05, 4.69) is 20.8 Å². The summed E-state index contributed by atoms with van der Waals surface area (Å²) in [7, 11) is 0. The van der Waals surface area contributed by atoms with Crippen LogP contribution in [0.4, 0.5) is 4.39 Å². The fraction of sp³-hybridized carbons (Fsp3) is 0.600. The van der Waals surface area contributed by atoms with Gasteiger partial charge in [0.1, 0.15) is 5.82 Å². The molecule has 1 rings (SSSR count). The third kappa shape index (κ3) is 4.12. The molecule has 2 N–H and O–H groups in total. The number of halogens is 1. The van der Waals surface area contributed by atoms with Gasteiger partial charge in [-0.15, -0.1) is 0 Å². The lowest BCUT2D eigenvalue weighted by Gasteiger charge is -2.29. The number of aryl methyl sites for hydroxylation is 1. The van der Waals surface area contributed by atoms with Crippen molar-refractivity contribution in [2.24, 2.45) is 11.1 Å². The predicted molar refractivity (Wildman–Crippen MR) is 71.4 cm³/mol. The second-order valence-electron chi connectivity index (χ2n) is 6.44. The molecule has 0 amide bonds. The highest BCUT2D eigenvalue weighted by atomic mass is 19.1. The van der Waals surface area contributed by atoms with Gasteiger partial charge in [-0.05, 0) is 49.3 Å². The van der Waals surface area contributed by atoms with Gasteiger partial charge in [0, 0.05) is 5.54 Å². The first-order valence-electron chi connectivity index (χ1n) is 6.17. The highest BCUT2D eigenvalue weighted by Crippen LogP contribution is 2.30. The van der Waals surface area contributed by atoms with Gasteiger partial charge >= 0.3 is 0 Å². The van der Waals surface area contributed by atoms with Crippen LogP contribution in [0.2, 0.25) is 0 Å². The van der Waals surface area contributed by atoms with E-state index in [0.717, 1.165) is 18.4 Å². The third-order valence-electron chi connectivity index (χ3n) is 3.23. The molecule has 0 radical (unpaired) electrons. The average Bonchev–Trinajstić information content (AvgIpc) is 2.18. The van der Waals surface area contributed by atoms with Gasteiger partial charge in [-0.2, -0.15) is 0 Å². The second kappa shape index (κ2) is 4.77. The summed E-state index contributed by atoms with van der Waals surface area (Å²) in [6.45, 7) is 10.3. The molecule has 0 fully saturated rings. The van der Waals surface area contributed by atoms with Crippen molar-refractivity contribution in [3.8, 4) is 0 Å². The zero-order valence-corrected chi connectivity index (χ0v) is 11.6. The Hall–Kier alpha value is -0.890. The van der Waals surface area contributed by atoms with E-state index in [1.165, 1.54) is 0 Å². The monoisotopic (exact) mass is 237 g/mol. The molecule has 0 saturated heterocycles. The summed E-state index contributed by atoms with van der Waals surface area (Å²) < 4.78 is 13.5. The van der Waals surface area contributed by atoms with E-state index in [-0.39, 0.29) is 11.2 Å². The van der Waals surface area contributed by atoms with Crippen LogP contribution in [0.5, 0.6) is 0 Å². The summed E-state index contributed by atoms with van der Waals surface area (Å²) in [5.41, 5.74) is 7.64. The minimum atomic E-state index is -0.457. The molecule has 0 aromatic heterocycles. The lowest BCUT2D eigenvalue weighted by atomic mass is 9.81. The SMILES string of the molecule is Cc1ccc(C(C)(N)CCC(C)(C)C)cc1F. The van der Waals surface area contributed by atoms with Gasteiger partial charge in [0.05, 0.1) is 0 Å². The van der Waals surface area contributed by atoms with Crippen molar-refractivity contribution in [2.45, 2.75) is 53.0 Å². The highest BCUT2D eigenvalue weighted by Gasteiger charge is 2.24. The van der Waals surface area contributed by atoms with Crippen molar-refractivity contribution in [2.75, 3.05) is 0 Å². The van der Waals surface area contributed by atoms with Crippen LogP contribution in [0.3, 0.4) is 0 Å². The predicted octanol–water partition coefficient (Wildman–Crippen LogP) is 4.13. The lowest BCUT2D eigenvalue weighted by molar-refractivity contribution is 0.306. The standard InChI is InChI=1S/C15H24FN/c1-11-6-7-12(10-13(11)16)15(5,17)9-8-14(2,3)4/h6-7,10H,8-9,17H2,1-5H3. The Morgan fingerprint density at radius 2 is 1.71 bits per heavy atom. The summed E-state index contributed by atoms with van der Waals surface area (Å²) in [5, 5.41) is 0. The van der Waals surface area contributed by atoms with Gasteiger partial charge in [0.25, 0.3) is 0 Å². The maximum atomic E-state index is 13.5. The molecule has 2 heteroatoms. The molecular weight excluding hydrogens is 213 g/mol. The minimum Gasteiger partial charge on any atom is -0.322 e. The van der Waals surface area contributed by atoms with E-state index >= 15 is 0 Å². The summed E-state index contributed by atoms with van der Waals surface area (Å²) in [6, 6.07) is 5.30. The highest BCUT2D eigenvalue weighted by molar-refractivity contribution is 5.28. The number of rotatable bonds is 3. The molecular formula is C15H24FN. The van der Waals surface area contributed by atoms with E-state index < -0.39 is 5.54 Å². The van der Waals surface area contributed by atoms with Crippen LogP contribution in [0.25, 0.3) is 0 Å². The fourth-order valence-electron chi connectivity index (χ4n) is 1.73.